The quantitative estimate of drug-likeness (QED) is 0.652. The lowest BCUT2D eigenvalue weighted by Crippen LogP contribution is -2.08. The minimum Gasteiger partial charge on any atom is -0.320 e. The molecule has 11 heavy (non-hydrogen) atoms. The van der Waals surface area contributed by atoms with E-state index in [0.717, 1.165) is 5.92 Å². The van der Waals surface area contributed by atoms with E-state index in [1.165, 1.54) is 45.1 Å². The van der Waals surface area contributed by atoms with Crippen molar-refractivity contribution < 1.29 is 0 Å². The normalized spacial score (nSPS) is 18.3. The summed E-state index contributed by atoms with van der Waals surface area (Å²) < 4.78 is 0. The van der Waals surface area contributed by atoms with Crippen LogP contribution in [0.5, 0.6) is 0 Å². The Morgan fingerprint density at radius 1 is 1.27 bits per heavy atom. The predicted octanol–water partition coefficient (Wildman–Crippen LogP) is 2.60. The zero-order valence-corrected chi connectivity index (χ0v) is 8.25. The maximum atomic E-state index is 3.19. The molecule has 0 amide bonds. The summed E-state index contributed by atoms with van der Waals surface area (Å²) >= 11 is 0. The Bertz CT molecular complexity index is 79.6. The van der Waals surface area contributed by atoms with E-state index in [1.54, 1.807) is 0 Å². The topological polar surface area (TPSA) is 12.0 Å². The zero-order chi connectivity index (χ0) is 7.23. The SMILES string of the molecule is CNCCCC1CCCC1.Cl. The van der Waals surface area contributed by atoms with E-state index >= 15 is 0 Å². The van der Waals surface area contributed by atoms with Gasteiger partial charge in [0.2, 0.25) is 0 Å². The number of nitrogens with one attached hydrogen (secondary N) is 1. The third kappa shape index (κ3) is 4.65. The molecule has 0 aromatic rings. The zero-order valence-electron chi connectivity index (χ0n) is 7.44. The first kappa shape index (κ1) is 11.2. The molecule has 0 saturated heterocycles. The third-order valence-electron chi connectivity index (χ3n) is 2.51. The van der Waals surface area contributed by atoms with Crippen molar-refractivity contribution in [3.8, 4) is 0 Å². The Morgan fingerprint density at radius 2 is 1.91 bits per heavy atom. The molecule has 0 aliphatic heterocycles. The number of rotatable bonds is 4. The van der Waals surface area contributed by atoms with Gasteiger partial charge in [-0.3, -0.25) is 0 Å². The lowest BCUT2D eigenvalue weighted by atomic mass is 10.0. The molecule has 0 atom stereocenters. The number of hydrogen-bond acceptors (Lipinski definition) is 1. The third-order valence-corrected chi connectivity index (χ3v) is 2.51. The van der Waals surface area contributed by atoms with E-state index in [1.807, 2.05) is 7.05 Å². The van der Waals surface area contributed by atoms with Crippen molar-refractivity contribution in [3.63, 3.8) is 0 Å². The highest BCUT2D eigenvalue weighted by Gasteiger charge is 2.13. The summed E-state index contributed by atoms with van der Waals surface area (Å²) in [5.41, 5.74) is 0. The van der Waals surface area contributed by atoms with Crippen LogP contribution in [-0.2, 0) is 0 Å². The van der Waals surface area contributed by atoms with Gasteiger partial charge in [-0.15, -0.1) is 12.4 Å². The highest BCUT2D eigenvalue weighted by Crippen LogP contribution is 2.28. The molecule has 68 valence electrons. The molecule has 0 spiro atoms. The van der Waals surface area contributed by atoms with Gasteiger partial charge in [0, 0.05) is 0 Å². The lowest BCUT2D eigenvalue weighted by Gasteiger charge is -2.06. The van der Waals surface area contributed by atoms with Crippen LogP contribution in [0, 0.1) is 5.92 Å². The molecule has 1 fully saturated rings. The maximum Gasteiger partial charge on any atom is -0.00518 e. The van der Waals surface area contributed by atoms with Crippen molar-refractivity contribution in [3.05, 3.63) is 0 Å². The van der Waals surface area contributed by atoms with Crippen molar-refractivity contribution >= 4 is 12.4 Å². The molecular weight excluding hydrogens is 158 g/mol. The van der Waals surface area contributed by atoms with Crippen LogP contribution in [0.25, 0.3) is 0 Å². The highest BCUT2D eigenvalue weighted by molar-refractivity contribution is 5.85. The number of halogens is 1. The van der Waals surface area contributed by atoms with E-state index in [2.05, 4.69) is 5.32 Å². The van der Waals surface area contributed by atoms with Crippen molar-refractivity contribution in [2.75, 3.05) is 13.6 Å². The molecule has 1 nitrogen and oxygen atoms in total. The standard InChI is InChI=1S/C9H19N.ClH/c1-10-8-4-7-9-5-2-3-6-9;/h9-10H,2-8H2,1H3;1H. The second kappa shape index (κ2) is 6.93. The first-order valence-electron chi connectivity index (χ1n) is 4.58. The van der Waals surface area contributed by atoms with E-state index < -0.39 is 0 Å². The van der Waals surface area contributed by atoms with Gasteiger partial charge in [0.15, 0.2) is 0 Å². The van der Waals surface area contributed by atoms with Crippen molar-refractivity contribution in [2.45, 2.75) is 38.5 Å². The molecule has 1 saturated carbocycles. The van der Waals surface area contributed by atoms with Crippen LogP contribution in [-0.4, -0.2) is 13.6 Å². The molecule has 1 aliphatic rings. The predicted molar refractivity (Wildman–Crippen MR) is 52.4 cm³/mol. The van der Waals surface area contributed by atoms with Crippen molar-refractivity contribution in [1.29, 1.82) is 0 Å². The smallest absolute Gasteiger partial charge is 0.00518 e. The fraction of sp³-hybridized carbons (Fsp3) is 1.00. The van der Waals surface area contributed by atoms with Crippen molar-refractivity contribution in [2.24, 2.45) is 5.92 Å². The van der Waals surface area contributed by atoms with Gasteiger partial charge in [-0.2, -0.15) is 0 Å². The molecular formula is C9H20ClN. The Labute approximate surface area is 76.4 Å². The molecule has 0 aromatic heterocycles. The minimum atomic E-state index is 0. The monoisotopic (exact) mass is 177 g/mol. The van der Waals surface area contributed by atoms with Crippen LogP contribution in [0.2, 0.25) is 0 Å². The second-order valence-electron chi connectivity index (χ2n) is 3.40. The molecule has 1 rings (SSSR count). The molecule has 0 radical (unpaired) electrons. The Hall–Kier alpha value is 0.250. The second-order valence-corrected chi connectivity index (χ2v) is 3.40. The Morgan fingerprint density at radius 3 is 2.45 bits per heavy atom. The fourth-order valence-corrected chi connectivity index (χ4v) is 1.87. The Kier molecular flexibility index (Phi) is 7.09. The van der Waals surface area contributed by atoms with Crippen LogP contribution < -0.4 is 5.32 Å². The fourth-order valence-electron chi connectivity index (χ4n) is 1.87. The van der Waals surface area contributed by atoms with Gasteiger partial charge in [0.25, 0.3) is 0 Å². The van der Waals surface area contributed by atoms with Crippen LogP contribution in [0.3, 0.4) is 0 Å². The summed E-state index contributed by atoms with van der Waals surface area (Å²) in [5.74, 6) is 1.08. The van der Waals surface area contributed by atoms with Crippen LogP contribution in [0.1, 0.15) is 38.5 Å². The molecule has 1 N–H and O–H groups in total. The Balaban J connectivity index is 0.000001000. The van der Waals surface area contributed by atoms with Crippen LogP contribution >= 0.6 is 12.4 Å². The average molecular weight is 178 g/mol. The first-order chi connectivity index (χ1) is 4.93. The van der Waals surface area contributed by atoms with Gasteiger partial charge < -0.3 is 5.32 Å². The minimum absolute atomic E-state index is 0. The molecule has 0 bridgehead atoms. The largest absolute Gasteiger partial charge is 0.320 e. The summed E-state index contributed by atoms with van der Waals surface area (Å²) in [6, 6.07) is 0. The summed E-state index contributed by atoms with van der Waals surface area (Å²) in [6.45, 7) is 1.20. The van der Waals surface area contributed by atoms with E-state index in [4.69, 9.17) is 0 Å². The van der Waals surface area contributed by atoms with Gasteiger partial charge in [0.05, 0.1) is 0 Å². The first-order valence-corrected chi connectivity index (χ1v) is 4.58. The molecule has 0 aromatic carbocycles. The van der Waals surface area contributed by atoms with E-state index in [-0.39, 0.29) is 12.4 Å². The van der Waals surface area contributed by atoms with Crippen LogP contribution in [0.4, 0.5) is 0 Å². The van der Waals surface area contributed by atoms with E-state index in [0.29, 0.717) is 0 Å². The summed E-state index contributed by atoms with van der Waals surface area (Å²) in [4.78, 5) is 0. The summed E-state index contributed by atoms with van der Waals surface area (Å²) in [6.07, 6.45) is 8.82. The average Bonchev–Trinajstić information content (AvgIpc) is 2.41. The van der Waals surface area contributed by atoms with Gasteiger partial charge in [0.1, 0.15) is 0 Å². The summed E-state index contributed by atoms with van der Waals surface area (Å²) in [5, 5.41) is 3.19. The molecule has 1 aliphatic carbocycles. The molecule has 0 unspecified atom stereocenters. The van der Waals surface area contributed by atoms with Gasteiger partial charge >= 0.3 is 0 Å². The maximum absolute atomic E-state index is 3.19. The van der Waals surface area contributed by atoms with Gasteiger partial charge in [-0.25, -0.2) is 0 Å². The highest BCUT2D eigenvalue weighted by atomic mass is 35.5. The molecule has 0 heterocycles. The van der Waals surface area contributed by atoms with Gasteiger partial charge in [-0.1, -0.05) is 25.7 Å². The van der Waals surface area contributed by atoms with Crippen LogP contribution in [0.15, 0.2) is 0 Å². The number of hydrogen-bond donors (Lipinski definition) is 1. The van der Waals surface area contributed by atoms with Crippen molar-refractivity contribution in [1.82, 2.24) is 5.32 Å². The lowest BCUT2D eigenvalue weighted by molar-refractivity contribution is 0.478. The van der Waals surface area contributed by atoms with Gasteiger partial charge in [-0.05, 0) is 32.4 Å². The molecule has 2 heteroatoms. The van der Waals surface area contributed by atoms with E-state index in [9.17, 15) is 0 Å². The summed E-state index contributed by atoms with van der Waals surface area (Å²) in [7, 11) is 2.04.